The molecule has 1 atom stereocenters. The van der Waals surface area contributed by atoms with Crippen LogP contribution in [0, 0.1) is 5.92 Å². The molecular weight excluding hydrogens is 376 g/mol. The largest absolute Gasteiger partial charge is 0.356 e. The van der Waals surface area contributed by atoms with Gasteiger partial charge in [-0.05, 0) is 35.2 Å². The molecule has 0 aliphatic carbocycles. The second-order valence-electron chi connectivity index (χ2n) is 5.60. The highest BCUT2D eigenvalue weighted by molar-refractivity contribution is 7.91. The third kappa shape index (κ3) is 6.77. The minimum absolute atomic E-state index is 0.297. The van der Waals surface area contributed by atoms with Crippen LogP contribution < -0.4 is 15.4 Å². The van der Waals surface area contributed by atoms with E-state index in [-0.39, 0.29) is 0 Å². The Morgan fingerprint density at radius 3 is 2.56 bits per heavy atom. The second-order valence-corrected chi connectivity index (χ2v) is 9.57. The van der Waals surface area contributed by atoms with Gasteiger partial charge in [-0.15, -0.1) is 22.7 Å². The first kappa shape index (κ1) is 19.9. The van der Waals surface area contributed by atoms with E-state index < -0.39 is 10.0 Å². The first-order chi connectivity index (χ1) is 12.0. The van der Waals surface area contributed by atoms with Crippen molar-refractivity contribution >= 4 is 38.7 Å². The van der Waals surface area contributed by atoms with E-state index in [4.69, 9.17) is 0 Å². The fraction of sp³-hybridized carbons (Fsp3) is 0.438. The molecule has 25 heavy (non-hydrogen) atoms. The molecule has 2 rings (SSSR count). The molecule has 1 unspecified atom stereocenters. The van der Waals surface area contributed by atoms with Gasteiger partial charge >= 0.3 is 0 Å². The lowest BCUT2D eigenvalue weighted by Crippen LogP contribution is -2.42. The molecule has 0 fully saturated rings. The van der Waals surface area contributed by atoms with Gasteiger partial charge in [-0.25, -0.2) is 13.1 Å². The number of hydrogen-bond donors (Lipinski definition) is 3. The summed E-state index contributed by atoms with van der Waals surface area (Å²) in [6.07, 6.45) is 1.03. The van der Waals surface area contributed by atoms with Crippen LogP contribution in [0.5, 0.6) is 0 Å². The lowest BCUT2D eigenvalue weighted by molar-refractivity contribution is 0.561. The lowest BCUT2D eigenvalue weighted by atomic mass is 10.1. The van der Waals surface area contributed by atoms with Crippen molar-refractivity contribution in [3.05, 3.63) is 39.9 Å². The van der Waals surface area contributed by atoms with E-state index in [1.165, 1.54) is 16.2 Å². The molecule has 6 nitrogen and oxygen atoms in total. The molecule has 3 N–H and O–H groups in total. The van der Waals surface area contributed by atoms with Gasteiger partial charge in [-0.3, -0.25) is 4.99 Å². The van der Waals surface area contributed by atoms with Gasteiger partial charge in [-0.1, -0.05) is 19.1 Å². The Bertz CT molecular complexity index is 740. The molecule has 0 spiro atoms. The molecule has 0 bridgehead atoms. The third-order valence-corrected chi connectivity index (χ3v) is 7.20. The van der Waals surface area contributed by atoms with Gasteiger partial charge in [0.1, 0.15) is 4.21 Å². The summed E-state index contributed by atoms with van der Waals surface area (Å²) in [5.41, 5.74) is 0. The number of sulfonamides is 1. The van der Waals surface area contributed by atoms with Gasteiger partial charge in [0.25, 0.3) is 0 Å². The number of thiophene rings is 2. The van der Waals surface area contributed by atoms with E-state index >= 15 is 0 Å². The van der Waals surface area contributed by atoms with Crippen molar-refractivity contribution in [3.8, 4) is 0 Å². The van der Waals surface area contributed by atoms with Crippen molar-refractivity contribution < 1.29 is 8.42 Å². The molecule has 0 aromatic carbocycles. The van der Waals surface area contributed by atoms with Crippen LogP contribution in [0.15, 0.2) is 44.2 Å². The van der Waals surface area contributed by atoms with E-state index in [2.05, 4.69) is 44.8 Å². The van der Waals surface area contributed by atoms with Crippen LogP contribution in [0.25, 0.3) is 0 Å². The van der Waals surface area contributed by atoms with Crippen molar-refractivity contribution in [2.75, 3.05) is 26.7 Å². The standard InChI is InChI=1S/C16H24N4O2S3/c1-13(11-14-5-3-9-23-14)12-19-16(17-2)18-7-8-20-25(21,22)15-6-4-10-24-15/h3-6,9-10,13,20H,7-8,11-12H2,1-2H3,(H2,17,18,19). The predicted molar refractivity (Wildman–Crippen MR) is 106 cm³/mol. The van der Waals surface area contributed by atoms with Crippen LogP contribution >= 0.6 is 22.7 Å². The van der Waals surface area contributed by atoms with Gasteiger partial charge in [0, 0.05) is 31.6 Å². The maximum Gasteiger partial charge on any atom is 0.250 e. The topological polar surface area (TPSA) is 82.6 Å². The molecule has 0 saturated carbocycles. The Morgan fingerprint density at radius 2 is 1.92 bits per heavy atom. The van der Waals surface area contributed by atoms with Gasteiger partial charge in [-0.2, -0.15) is 0 Å². The van der Waals surface area contributed by atoms with Crippen molar-refractivity contribution in [2.45, 2.75) is 17.6 Å². The average Bonchev–Trinajstić information content (AvgIpc) is 3.28. The van der Waals surface area contributed by atoms with Gasteiger partial charge < -0.3 is 10.6 Å². The molecule has 0 aliphatic rings. The molecule has 0 aliphatic heterocycles. The fourth-order valence-corrected chi connectivity index (χ4v) is 5.13. The Hall–Kier alpha value is -1.42. The summed E-state index contributed by atoms with van der Waals surface area (Å²) in [5.74, 6) is 1.16. The molecular formula is C16H24N4O2S3. The Labute approximate surface area is 157 Å². The normalized spacial score (nSPS) is 13.6. The van der Waals surface area contributed by atoms with Crippen LogP contribution in [-0.2, 0) is 16.4 Å². The minimum atomic E-state index is -3.41. The number of nitrogens with zero attached hydrogens (tertiary/aromatic N) is 1. The van der Waals surface area contributed by atoms with Gasteiger partial charge in [0.05, 0.1) is 0 Å². The second kappa shape index (κ2) is 9.91. The Morgan fingerprint density at radius 1 is 1.16 bits per heavy atom. The van der Waals surface area contributed by atoms with E-state index in [1.54, 1.807) is 35.9 Å². The highest BCUT2D eigenvalue weighted by Gasteiger charge is 2.13. The van der Waals surface area contributed by atoms with E-state index in [0.717, 1.165) is 13.0 Å². The van der Waals surface area contributed by atoms with E-state index in [9.17, 15) is 8.42 Å². The smallest absolute Gasteiger partial charge is 0.250 e. The van der Waals surface area contributed by atoms with Crippen LogP contribution in [0.1, 0.15) is 11.8 Å². The molecule has 0 saturated heterocycles. The van der Waals surface area contributed by atoms with Crippen molar-refractivity contribution in [1.82, 2.24) is 15.4 Å². The predicted octanol–water partition coefficient (Wildman–Crippen LogP) is 2.13. The van der Waals surface area contributed by atoms with Crippen LogP contribution in [0.4, 0.5) is 0 Å². The monoisotopic (exact) mass is 400 g/mol. The highest BCUT2D eigenvalue weighted by Crippen LogP contribution is 2.15. The van der Waals surface area contributed by atoms with Crippen molar-refractivity contribution in [3.63, 3.8) is 0 Å². The Balaban J connectivity index is 1.66. The average molecular weight is 401 g/mol. The first-order valence-corrected chi connectivity index (χ1v) is 11.3. The number of nitrogens with one attached hydrogen (secondary N) is 3. The summed E-state index contributed by atoms with van der Waals surface area (Å²) < 4.78 is 26.9. The molecule has 2 aromatic heterocycles. The molecule has 0 amide bonds. The number of hydrogen-bond acceptors (Lipinski definition) is 5. The van der Waals surface area contributed by atoms with Gasteiger partial charge in [0.15, 0.2) is 5.96 Å². The first-order valence-electron chi connectivity index (χ1n) is 8.01. The number of guanidine groups is 1. The highest BCUT2D eigenvalue weighted by atomic mass is 32.2. The molecule has 0 radical (unpaired) electrons. The third-order valence-electron chi connectivity index (χ3n) is 3.44. The lowest BCUT2D eigenvalue weighted by Gasteiger charge is -2.15. The fourth-order valence-electron chi connectivity index (χ4n) is 2.19. The van der Waals surface area contributed by atoms with Crippen LogP contribution in [0.3, 0.4) is 0 Å². The molecule has 138 valence electrons. The summed E-state index contributed by atoms with van der Waals surface area (Å²) in [5, 5.41) is 10.2. The summed E-state index contributed by atoms with van der Waals surface area (Å²) in [6, 6.07) is 7.53. The molecule has 2 aromatic rings. The van der Waals surface area contributed by atoms with Crippen LogP contribution in [-0.4, -0.2) is 41.1 Å². The number of aliphatic imine (C=N–C) groups is 1. The van der Waals surface area contributed by atoms with E-state index in [0.29, 0.717) is 29.2 Å². The zero-order valence-corrected chi connectivity index (χ0v) is 16.8. The summed E-state index contributed by atoms with van der Waals surface area (Å²) in [6.45, 7) is 3.75. The van der Waals surface area contributed by atoms with Crippen molar-refractivity contribution in [1.29, 1.82) is 0 Å². The molecule has 9 heteroatoms. The minimum Gasteiger partial charge on any atom is -0.356 e. The zero-order valence-electron chi connectivity index (χ0n) is 14.4. The maximum absolute atomic E-state index is 12.0. The van der Waals surface area contributed by atoms with Gasteiger partial charge in [0.2, 0.25) is 10.0 Å². The number of rotatable bonds is 9. The van der Waals surface area contributed by atoms with Crippen LogP contribution in [0.2, 0.25) is 0 Å². The SMILES string of the molecule is CN=C(NCCNS(=O)(=O)c1cccs1)NCC(C)Cc1cccs1. The zero-order chi connectivity index (χ0) is 18.1. The quantitative estimate of drug-likeness (QED) is 0.342. The summed E-state index contributed by atoms with van der Waals surface area (Å²) >= 11 is 2.98. The Kier molecular flexibility index (Phi) is 7.89. The maximum atomic E-state index is 12.0. The molecule has 2 heterocycles. The summed E-state index contributed by atoms with van der Waals surface area (Å²) in [4.78, 5) is 5.54. The van der Waals surface area contributed by atoms with E-state index in [1.807, 2.05) is 0 Å². The summed E-state index contributed by atoms with van der Waals surface area (Å²) in [7, 11) is -1.70. The van der Waals surface area contributed by atoms with Crippen molar-refractivity contribution in [2.24, 2.45) is 10.9 Å².